The molecule has 0 heterocycles. The molecule has 4 nitrogen and oxygen atoms in total. The van der Waals surface area contributed by atoms with Crippen LogP contribution in [-0.4, -0.2) is 30.4 Å². The first kappa shape index (κ1) is 23.2. The summed E-state index contributed by atoms with van der Waals surface area (Å²) in [7, 11) is 0. The second kappa shape index (κ2) is 11.3. The molecule has 166 valence electrons. The molecule has 0 saturated heterocycles. The van der Waals surface area contributed by atoms with Crippen molar-refractivity contribution in [1.29, 1.82) is 0 Å². The lowest BCUT2D eigenvalue weighted by Gasteiger charge is -2.12. The van der Waals surface area contributed by atoms with E-state index in [1.54, 1.807) is 19.1 Å². The van der Waals surface area contributed by atoms with Crippen LogP contribution in [0.1, 0.15) is 25.0 Å². The summed E-state index contributed by atoms with van der Waals surface area (Å²) in [6.45, 7) is 4.59. The zero-order valence-corrected chi connectivity index (χ0v) is 18.3. The van der Waals surface area contributed by atoms with Gasteiger partial charge in [0.15, 0.2) is 6.10 Å². The molecule has 0 bridgehead atoms. The Hall–Kier alpha value is -3.44. The third-order valence-electron chi connectivity index (χ3n) is 5.15. The average molecular weight is 435 g/mol. The zero-order chi connectivity index (χ0) is 22.9. The van der Waals surface area contributed by atoms with E-state index < -0.39 is 12.1 Å². The number of carboxylic acids is 1. The van der Waals surface area contributed by atoms with E-state index in [1.807, 2.05) is 61.5 Å². The summed E-state index contributed by atoms with van der Waals surface area (Å²) in [5.41, 5.74) is 5.07. The van der Waals surface area contributed by atoms with Crippen molar-refractivity contribution in [2.75, 3.05) is 13.2 Å². The van der Waals surface area contributed by atoms with Crippen LogP contribution in [0.5, 0.6) is 5.75 Å². The molecule has 0 amide bonds. The fraction of sp³-hybridized carbons (Fsp3) is 0.222. The fourth-order valence-electron chi connectivity index (χ4n) is 3.30. The molecule has 0 aliphatic carbocycles. The quantitative estimate of drug-likeness (QED) is 0.425. The van der Waals surface area contributed by atoms with Crippen LogP contribution in [0, 0.1) is 5.82 Å². The number of allylic oxidation sites excluding steroid dienone is 1. The summed E-state index contributed by atoms with van der Waals surface area (Å²) >= 11 is 0. The molecule has 5 heteroatoms. The van der Waals surface area contributed by atoms with E-state index in [-0.39, 0.29) is 5.82 Å². The lowest BCUT2D eigenvalue weighted by Crippen LogP contribution is -2.26. The maximum atomic E-state index is 13.1. The maximum absolute atomic E-state index is 13.1. The molecular formula is C27H27FO4. The van der Waals surface area contributed by atoms with Gasteiger partial charge in [0.25, 0.3) is 0 Å². The third kappa shape index (κ3) is 6.53. The number of ether oxygens (including phenoxy) is 2. The molecule has 0 aliphatic heterocycles. The van der Waals surface area contributed by atoms with Crippen LogP contribution >= 0.6 is 0 Å². The van der Waals surface area contributed by atoms with Gasteiger partial charge in [-0.05, 0) is 72.0 Å². The van der Waals surface area contributed by atoms with Crippen molar-refractivity contribution in [3.8, 4) is 16.9 Å². The topological polar surface area (TPSA) is 55.8 Å². The summed E-state index contributed by atoms with van der Waals surface area (Å²) < 4.78 is 24.1. The number of benzene rings is 3. The van der Waals surface area contributed by atoms with E-state index in [0.29, 0.717) is 25.4 Å². The molecule has 3 aromatic rings. The Kier molecular flexibility index (Phi) is 8.17. The number of carbonyl (C=O) groups is 1. The zero-order valence-electron chi connectivity index (χ0n) is 18.3. The van der Waals surface area contributed by atoms with Crippen LogP contribution in [0.25, 0.3) is 16.7 Å². The smallest absolute Gasteiger partial charge is 0.333 e. The number of hydrogen-bond acceptors (Lipinski definition) is 3. The number of aliphatic carboxylic acids is 1. The molecule has 0 saturated carbocycles. The molecule has 0 spiro atoms. The van der Waals surface area contributed by atoms with Gasteiger partial charge in [0.2, 0.25) is 0 Å². The Morgan fingerprint density at radius 3 is 2.12 bits per heavy atom. The second-order valence-electron chi connectivity index (χ2n) is 7.41. The van der Waals surface area contributed by atoms with E-state index in [2.05, 4.69) is 0 Å². The van der Waals surface area contributed by atoms with E-state index in [4.69, 9.17) is 9.47 Å². The van der Waals surface area contributed by atoms with Crippen molar-refractivity contribution in [2.45, 2.75) is 26.4 Å². The minimum absolute atomic E-state index is 0.242. The Morgan fingerprint density at radius 1 is 0.969 bits per heavy atom. The predicted octanol–water partition coefficient (Wildman–Crippen LogP) is 6.01. The predicted molar refractivity (Wildman–Crippen MR) is 124 cm³/mol. The standard InChI is InChI=1S/C27H27FO4/c1-3-31-26(27(29)30)18-20-4-14-25(15-5-20)32-17-16-19(2)21-6-8-22(9-7-21)23-10-12-24(28)13-11-23/h4-16,26H,3,17-18H2,1-2H3,(H,29,30)/b19-16+/t26-/m0/s1. The Labute approximate surface area is 187 Å². The van der Waals surface area contributed by atoms with Gasteiger partial charge >= 0.3 is 5.97 Å². The molecule has 1 N–H and O–H groups in total. The number of halogens is 1. The van der Waals surface area contributed by atoms with Gasteiger partial charge in [0.05, 0.1) is 0 Å². The van der Waals surface area contributed by atoms with Crippen molar-refractivity contribution < 1.29 is 23.8 Å². The third-order valence-corrected chi connectivity index (χ3v) is 5.15. The van der Waals surface area contributed by atoms with Crippen molar-refractivity contribution in [3.05, 3.63) is 95.8 Å². The molecule has 0 aromatic heterocycles. The van der Waals surface area contributed by atoms with Crippen LogP contribution in [0.3, 0.4) is 0 Å². The summed E-state index contributed by atoms with van der Waals surface area (Å²) in [5.74, 6) is -0.486. The van der Waals surface area contributed by atoms with Crippen LogP contribution in [-0.2, 0) is 16.0 Å². The SMILES string of the molecule is CCO[C@@H](Cc1ccc(OC/C=C(\C)c2ccc(-c3ccc(F)cc3)cc2)cc1)C(=O)O. The van der Waals surface area contributed by atoms with Crippen molar-refractivity contribution in [3.63, 3.8) is 0 Å². The Balaban J connectivity index is 1.55. The highest BCUT2D eigenvalue weighted by Crippen LogP contribution is 2.23. The summed E-state index contributed by atoms with van der Waals surface area (Å²) in [5, 5.41) is 9.20. The van der Waals surface area contributed by atoms with Crippen molar-refractivity contribution in [1.82, 2.24) is 0 Å². The minimum Gasteiger partial charge on any atom is -0.490 e. The average Bonchev–Trinajstić information content (AvgIpc) is 2.80. The van der Waals surface area contributed by atoms with Gasteiger partial charge in [-0.2, -0.15) is 0 Å². The normalized spacial score (nSPS) is 12.4. The Bertz CT molecular complexity index is 1040. The maximum Gasteiger partial charge on any atom is 0.333 e. The van der Waals surface area contributed by atoms with Crippen LogP contribution in [0.2, 0.25) is 0 Å². The van der Waals surface area contributed by atoms with E-state index in [0.717, 1.165) is 27.8 Å². The molecule has 0 radical (unpaired) electrons. The monoisotopic (exact) mass is 434 g/mol. The molecule has 3 rings (SSSR count). The van der Waals surface area contributed by atoms with Crippen molar-refractivity contribution in [2.24, 2.45) is 0 Å². The van der Waals surface area contributed by atoms with E-state index in [1.165, 1.54) is 12.1 Å². The highest BCUT2D eigenvalue weighted by atomic mass is 19.1. The van der Waals surface area contributed by atoms with Crippen LogP contribution in [0.4, 0.5) is 4.39 Å². The first-order valence-corrected chi connectivity index (χ1v) is 10.6. The second-order valence-corrected chi connectivity index (χ2v) is 7.41. The van der Waals surface area contributed by atoms with Gasteiger partial charge in [0, 0.05) is 13.0 Å². The first-order chi connectivity index (χ1) is 15.5. The van der Waals surface area contributed by atoms with Gasteiger partial charge < -0.3 is 14.6 Å². The number of carboxylic acid groups (broad SMARTS) is 1. The van der Waals surface area contributed by atoms with E-state index in [9.17, 15) is 14.3 Å². The molecular weight excluding hydrogens is 407 g/mol. The molecule has 3 aromatic carbocycles. The molecule has 0 fully saturated rings. The van der Waals surface area contributed by atoms with Crippen molar-refractivity contribution >= 4 is 11.5 Å². The first-order valence-electron chi connectivity index (χ1n) is 10.6. The van der Waals surface area contributed by atoms with Crippen LogP contribution in [0.15, 0.2) is 78.9 Å². The minimum atomic E-state index is -0.960. The molecule has 0 aliphatic rings. The lowest BCUT2D eigenvalue weighted by atomic mass is 10.0. The van der Waals surface area contributed by atoms with Gasteiger partial charge in [-0.25, -0.2) is 9.18 Å². The molecule has 1 atom stereocenters. The lowest BCUT2D eigenvalue weighted by molar-refractivity contribution is -0.149. The number of rotatable bonds is 10. The summed E-state index contributed by atoms with van der Waals surface area (Å²) in [6, 6.07) is 22.0. The summed E-state index contributed by atoms with van der Waals surface area (Å²) in [4.78, 5) is 11.2. The van der Waals surface area contributed by atoms with E-state index >= 15 is 0 Å². The van der Waals surface area contributed by atoms with Gasteiger partial charge in [-0.1, -0.05) is 48.5 Å². The van der Waals surface area contributed by atoms with Gasteiger partial charge in [0.1, 0.15) is 18.2 Å². The summed E-state index contributed by atoms with van der Waals surface area (Å²) in [6.07, 6.45) is 1.49. The van der Waals surface area contributed by atoms with Crippen LogP contribution < -0.4 is 4.74 Å². The largest absolute Gasteiger partial charge is 0.490 e. The Morgan fingerprint density at radius 2 is 1.56 bits per heavy atom. The fourth-order valence-corrected chi connectivity index (χ4v) is 3.30. The molecule has 32 heavy (non-hydrogen) atoms. The van der Waals surface area contributed by atoms with Gasteiger partial charge in [-0.15, -0.1) is 0 Å². The highest BCUT2D eigenvalue weighted by molar-refractivity contribution is 5.72. The highest BCUT2D eigenvalue weighted by Gasteiger charge is 2.17. The number of hydrogen-bond donors (Lipinski definition) is 1. The van der Waals surface area contributed by atoms with Gasteiger partial charge in [-0.3, -0.25) is 0 Å². The molecule has 0 unspecified atom stereocenters.